The van der Waals surface area contributed by atoms with Crippen molar-refractivity contribution in [1.82, 2.24) is 9.96 Å². The molecule has 0 saturated carbocycles. The molecular formula is C20H24N2O6. The normalized spacial score (nSPS) is 24.4. The number of hydrogen-bond acceptors (Lipinski definition) is 6. The number of likely N-dealkylation sites (tertiary alicyclic amines) is 1. The van der Waals surface area contributed by atoms with Crippen LogP contribution in [-0.4, -0.2) is 52.5 Å². The molecule has 1 fully saturated rings. The highest BCUT2D eigenvalue weighted by atomic mass is 16.7. The molecule has 8 nitrogen and oxygen atoms in total. The Bertz CT molecular complexity index is 823. The number of carbonyl (C=O) groups is 4. The number of amides is 3. The molecule has 0 N–H and O–H groups in total. The second-order valence-electron chi connectivity index (χ2n) is 8.51. The molecule has 3 rings (SSSR count). The molecule has 0 unspecified atom stereocenters. The Morgan fingerprint density at radius 3 is 2.14 bits per heavy atom. The number of fused-ring (bicyclic) bond motifs is 1. The predicted molar refractivity (Wildman–Crippen MR) is 98.1 cm³/mol. The lowest BCUT2D eigenvalue weighted by molar-refractivity contribution is -0.181. The van der Waals surface area contributed by atoms with Crippen LogP contribution in [0.15, 0.2) is 24.3 Å². The number of rotatable bonds is 2. The summed E-state index contributed by atoms with van der Waals surface area (Å²) < 4.78 is 5.37. The van der Waals surface area contributed by atoms with Gasteiger partial charge in [0.25, 0.3) is 11.8 Å². The molecule has 1 aromatic rings. The maximum Gasteiger partial charge on any atom is 0.410 e. The minimum Gasteiger partial charge on any atom is -0.444 e. The largest absolute Gasteiger partial charge is 0.444 e. The Labute approximate surface area is 163 Å². The lowest BCUT2D eigenvalue weighted by Crippen LogP contribution is -2.43. The summed E-state index contributed by atoms with van der Waals surface area (Å²) >= 11 is 0. The van der Waals surface area contributed by atoms with Crippen LogP contribution in [0.4, 0.5) is 4.79 Å². The van der Waals surface area contributed by atoms with Gasteiger partial charge in [0.1, 0.15) is 5.60 Å². The van der Waals surface area contributed by atoms with Gasteiger partial charge < -0.3 is 14.5 Å². The first-order valence-corrected chi connectivity index (χ1v) is 9.12. The van der Waals surface area contributed by atoms with Gasteiger partial charge in [0.2, 0.25) is 0 Å². The molecule has 3 amide bonds. The van der Waals surface area contributed by atoms with Gasteiger partial charge in [0.15, 0.2) is 0 Å². The second-order valence-corrected chi connectivity index (χ2v) is 8.51. The van der Waals surface area contributed by atoms with Gasteiger partial charge in [-0.25, -0.2) is 9.59 Å². The summed E-state index contributed by atoms with van der Waals surface area (Å²) in [5.41, 5.74) is -1.34. The molecule has 2 atom stereocenters. The number of carbonyl (C=O) groups excluding carboxylic acids is 4. The summed E-state index contributed by atoms with van der Waals surface area (Å²) in [5.74, 6) is -2.33. The van der Waals surface area contributed by atoms with Crippen molar-refractivity contribution in [2.75, 3.05) is 13.1 Å². The van der Waals surface area contributed by atoms with E-state index in [1.807, 2.05) is 6.92 Å². The summed E-state index contributed by atoms with van der Waals surface area (Å²) in [6.07, 6.45) is -0.517. The van der Waals surface area contributed by atoms with Gasteiger partial charge in [-0.1, -0.05) is 24.1 Å². The molecule has 150 valence electrons. The Morgan fingerprint density at radius 1 is 1.11 bits per heavy atom. The van der Waals surface area contributed by atoms with Crippen LogP contribution in [0.2, 0.25) is 0 Å². The van der Waals surface area contributed by atoms with E-state index in [9.17, 15) is 19.2 Å². The molecular weight excluding hydrogens is 364 g/mol. The third-order valence-corrected chi connectivity index (χ3v) is 5.15. The number of hydroxylamine groups is 2. The molecule has 0 bridgehead atoms. The van der Waals surface area contributed by atoms with Crippen LogP contribution in [0, 0.1) is 11.3 Å². The van der Waals surface area contributed by atoms with Gasteiger partial charge in [-0.15, -0.1) is 0 Å². The van der Waals surface area contributed by atoms with Crippen molar-refractivity contribution in [2.45, 2.75) is 40.2 Å². The first kappa shape index (κ1) is 19.9. The van der Waals surface area contributed by atoms with Crippen molar-refractivity contribution in [2.24, 2.45) is 11.3 Å². The van der Waals surface area contributed by atoms with Gasteiger partial charge in [0, 0.05) is 13.1 Å². The minimum absolute atomic E-state index is 0.0745. The maximum atomic E-state index is 12.9. The van der Waals surface area contributed by atoms with Crippen molar-refractivity contribution in [3.05, 3.63) is 35.4 Å². The molecule has 2 heterocycles. The zero-order valence-electron chi connectivity index (χ0n) is 16.6. The summed E-state index contributed by atoms with van der Waals surface area (Å²) in [5, 5.41) is 0.501. The van der Waals surface area contributed by atoms with E-state index in [0.29, 0.717) is 11.6 Å². The van der Waals surface area contributed by atoms with Crippen LogP contribution in [0.5, 0.6) is 0 Å². The van der Waals surface area contributed by atoms with Gasteiger partial charge in [-0.05, 0) is 45.7 Å². The van der Waals surface area contributed by atoms with E-state index in [2.05, 4.69) is 0 Å². The molecule has 0 spiro atoms. The van der Waals surface area contributed by atoms with E-state index in [1.165, 1.54) is 17.0 Å². The third-order valence-electron chi connectivity index (χ3n) is 5.15. The third kappa shape index (κ3) is 3.34. The topological polar surface area (TPSA) is 93.2 Å². The summed E-state index contributed by atoms with van der Waals surface area (Å²) in [4.78, 5) is 56.7. The molecule has 0 aromatic heterocycles. The summed E-state index contributed by atoms with van der Waals surface area (Å²) in [7, 11) is 0. The van der Waals surface area contributed by atoms with Gasteiger partial charge in [-0.2, -0.15) is 0 Å². The molecule has 8 heteroatoms. The number of imide groups is 1. The van der Waals surface area contributed by atoms with Crippen LogP contribution in [0.1, 0.15) is 55.3 Å². The zero-order chi connectivity index (χ0) is 20.9. The Kier molecular flexibility index (Phi) is 4.69. The number of ether oxygens (including phenoxy) is 1. The molecule has 28 heavy (non-hydrogen) atoms. The van der Waals surface area contributed by atoms with Crippen molar-refractivity contribution in [3.63, 3.8) is 0 Å². The maximum absolute atomic E-state index is 12.9. The van der Waals surface area contributed by atoms with Gasteiger partial charge in [0.05, 0.1) is 16.5 Å². The van der Waals surface area contributed by atoms with Crippen LogP contribution in [0.25, 0.3) is 0 Å². The van der Waals surface area contributed by atoms with Crippen LogP contribution in [0.3, 0.4) is 0 Å². The monoisotopic (exact) mass is 388 g/mol. The smallest absolute Gasteiger partial charge is 0.410 e. The van der Waals surface area contributed by atoms with Crippen LogP contribution in [-0.2, 0) is 14.4 Å². The van der Waals surface area contributed by atoms with Crippen LogP contribution >= 0.6 is 0 Å². The molecule has 0 radical (unpaired) electrons. The van der Waals surface area contributed by atoms with Crippen LogP contribution < -0.4 is 0 Å². The Hall–Kier alpha value is -2.90. The first-order chi connectivity index (χ1) is 12.9. The van der Waals surface area contributed by atoms with E-state index in [1.54, 1.807) is 39.8 Å². The lowest BCUT2D eigenvalue weighted by Gasteiger charge is -2.27. The molecule has 2 aliphatic heterocycles. The fraction of sp³-hybridized carbons (Fsp3) is 0.500. The fourth-order valence-corrected chi connectivity index (χ4v) is 3.32. The van der Waals surface area contributed by atoms with E-state index >= 15 is 0 Å². The highest BCUT2D eigenvalue weighted by Crippen LogP contribution is 2.38. The lowest BCUT2D eigenvalue weighted by atomic mass is 9.81. The average Bonchev–Trinajstić information content (AvgIpc) is 3.04. The van der Waals surface area contributed by atoms with Crippen molar-refractivity contribution in [3.8, 4) is 0 Å². The summed E-state index contributed by atoms with van der Waals surface area (Å²) in [6.45, 7) is 9.14. The number of nitrogens with zero attached hydrogens (tertiary/aromatic N) is 2. The molecule has 1 aromatic carbocycles. The average molecular weight is 388 g/mol. The number of hydrogen-bond donors (Lipinski definition) is 0. The zero-order valence-corrected chi connectivity index (χ0v) is 16.6. The standard InChI is InChI=1S/C20H24N2O6/c1-12-10-21(18(26)27-19(2,3)4)11-20(12,5)17(25)28-22-15(23)13-8-6-7-9-14(13)16(22)24/h6-9,12H,10-11H2,1-5H3/t12-,20-/m1/s1. The number of benzene rings is 1. The van der Waals surface area contributed by atoms with Crippen molar-refractivity contribution in [1.29, 1.82) is 0 Å². The highest BCUT2D eigenvalue weighted by molar-refractivity contribution is 6.20. The molecule has 0 aliphatic carbocycles. The fourth-order valence-electron chi connectivity index (χ4n) is 3.32. The summed E-state index contributed by atoms with van der Waals surface area (Å²) in [6, 6.07) is 6.28. The highest BCUT2D eigenvalue weighted by Gasteiger charge is 2.52. The van der Waals surface area contributed by atoms with E-state index in [4.69, 9.17) is 9.57 Å². The van der Waals surface area contributed by atoms with E-state index in [-0.39, 0.29) is 23.6 Å². The molecule has 1 saturated heterocycles. The Balaban J connectivity index is 1.73. The van der Waals surface area contributed by atoms with E-state index < -0.39 is 34.9 Å². The van der Waals surface area contributed by atoms with Gasteiger partial charge >= 0.3 is 12.1 Å². The quantitative estimate of drug-likeness (QED) is 0.723. The second kappa shape index (κ2) is 6.61. The molecule has 2 aliphatic rings. The first-order valence-electron chi connectivity index (χ1n) is 9.12. The van der Waals surface area contributed by atoms with Crippen molar-refractivity contribution >= 4 is 23.9 Å². The SMILES string of the molecule is C[C@@H]1CN(C(=O)OC(C)(C)C)C[C@@]1(C)C(=O)ON1C(=O)c2ccccc2C1=O. The predicted octanol–water partition coefficient (Wildman–Crippen LogP) is 2.63. The minimum atomic E-state index is -1.08. The van der Waals surface area contributed by atoms with Gasteiger partial charge in [-0.3, -0.25) is 9.59 Å². The van der Waals surface area contributed by atoms with E-state index in [0.717, 1.165) is 0 Å². The Morgan fingerprint density at radius 2 is 1.64 bits per heavy atom. The van der Waals surface area contributed by atoms with Crippen molar-refractivity contribution < 1.29 is 28.8 Å².